The topological polar surface area (TPSA) is 112 Å². The molecule has 0 aliphatic carbocycles. The summed E-state index contributed by atoms with van der Waals surface area (Å²) in [4.78, 5) is 24.1. The molecule has 154 valence electrons. The van der Waals surface area contributed by atoms with E-state index in [1.807, 2.05) is 0 Å². The molecule has 0 unspecified atom stereocenters. The van der Waals surface area contributed by atoms with Crippen LogP contribution in [0, 0.1) is 0 Å². The molecule has 1 aromatic carbocycles. The molecule has 4 aromatic rings. The van der Waals surface area contributed by atoms with E-state index in [0.717, 1.165) is 11.3 Å². The van der Waals surface area contributed by atoms with E-state index in [4.69, 9.17) is 0 Å². The Hall–Kier alpha value is -3.44. The molecular weight excluding hydrogens is 428 g/mol. The maximum Gasteiger partial charge on any atom is 0.350 e. The van der Waals surface area contributed by atoms with Gasteiger partial charge in [0.25, 0.3) is 10.0 Å². The second-order valence-corrected chi connectivity index (χ2v) is 8.85. The maximum absolute atomic E-state index is 12.8. The van der Waals surface area contributed by atoms with Crippen LogP contribution in [0.4, 0.5) is 5.69 Å². The maximum atomic E-state index is 12.8. The van der Waals surface area contributed by atoms with E-state index in [0.29, 0.717) is 16.9 Å². The van der Waals surface area contributed by atoms with Gasteiger partial charge in [-0.15, -0.1) is 16.4 Å². The molecule has 11 heteroatoms. The average molecular weight is 444 g/mol. The van der Waals surface area contributed by atoms with E-state index in [-0.39, 0.29) is 22.0 Å². The number of methoxy groups -OCH3 is 1. The van der Waals surface area contributed by atoms with Crippen LogP contribution in [0.1, 0.15) is 15.2 Å². The molecule has 0 saturated carbocycles. The first-order valence-corrected chi connectivity index (χ1v) is 11.1. The lowest BCUT2D eigenvalue weighted by Crippen LogP contribution is -2.21. The molecule has 0 spiro atoms. The summed E-state index contributed by atoms with van der Waals surface area (Å²) >= 11 is 0.986. The number of nitrogens with one attached hydrogen (secondary N) is 1. The van der Waals surface area contributed by atoms with Crippen LogP contribution in [-0.4, -0.2) is 35.7 Å². The zero-order valence-corrected chi connectivity index (χ0v) is 17.3. The first kappa shape index (κ1) is 19.9. The van der Waals surface area contributed by atoms with E-state index in [1.165, 1.54) is 27.6 Å². The molecule has 3 heterocycles. The molecule has 0 radical (unpaired) electrons. The Labute approximate surface area is 175 Å². The number of ether oxygens (including phenoxy) is 1. The molecule has 0 fully saturated rings. The summed E-state index contributed by atoms with van der Waals surface area (Å²) in [5.74, 6) is -0.717. The molecular formula is C19H16N4O5S2. The van der Waals surface area contributed by atoms with Gasteiger partial charge in [-0.2, -0.15) is 0 Å². The summed E-state index contributed by atoms with van der Waals surface area (Å²) < 4.78 is 35.4. The van der Waals surface area contributed by atoms with Crippen molar-refractivity contribution in [1.29, 1.82) is 0 Å². The Morgan fingerprint density at radius 3 is 2.80 bits per heavy atom. The smallest absolute Gasteiger partial charge is 0.350 e. The standard InChI is InChI=1S/C19H16N4O5S2/c1-28-18(24)17-15(8-10-29-17)30(26,27)21-14-6-4-5-13(11-14)12-23-19(25)22-9-3-2-7-16(22)20-23/h2-11,21H,12H2,1H3. The highest BCUT2D eigenvalue weighted by Gasteiger charge is 2.24. The highest BCUT2D eigenvalue weighted by Crippen LogP contribution is 2.25. The van der Waals surface area contributed by atoms with Gasteiger partial charge in [0.1, 0.15) is 9.77 Å². The van der Waals surface area contributed by atoms with Crippen LogP contribution in [0.2, 0.25) is 0 Å². The highest BCUT2D eigenvalue weighted by molar-refractivity contribution is 7.93. The van der Waals surface area contributed by atoms with Gasteiger partial charge in [-0.3, -0.25) is 9.12 Å². The number of benzene rings is 1. The number of hydrogen-bond acceptors (Lipinski definition) is 7. The van der Waals surface area contributed by atoms with Crippen LogP contribution in [0.5, 0.6) is 0 Å². The van der Waals surface area contributed by atoms with Crippen LogP contribution in [0.15, 0.2) is 69.8 Å². The lowest BCUT2D eigenvalue weighted by Gasteiger charge is -2.10. The van der Waals surface area contributed by atoms with Gasteiger partial charge in [-0.1, -0.05) is 18.2 Å². The second-order valence-electron chi connectivity index (χ2n) is 6.28. The molecule has 4 rings (SSSR count). The summed E-state index contributed by atoms with van der Waals surface area (Å²) in [6.45, 7) is 0.169. The van der Waals surface area contributed by atoms with E-state index in [9.17, 15) is 18.0 Å². The Kier molecular flexibility index (Phi) is 5.14. The van der Waals surface area contributed by atoms with Gasteiger partial charge in [0.15, 0.2) is 5.65 Å². The third-order valence-electron chi connectivity index (χ3n) is 4.29. The minimum Gasteiger partial charge on any atom is -0.465 e. The van der Waals surface area contributed by atoms with Crippen molar-refractivity contribution in [3.8, 4) is 0 Å². The predicted molar refractivity (Wildman–Crippen MR) is 111 cm³/mol. The number of aromatic nitrogens is 3. The molecule has 0 atom stereocenters. The number of rotatable bonds is 6. The number of anilines is 1. The van der Waals surface area contributed by atoms with Crippen LogP contribution in [0.25, 0.3) is 5.65 Å². The summed E-state index contributed by atoms with van der Waals surface area (Å²) in [7, 11) is -2.81. The number of pyridine rings is 1. The summed E-state index contributed by atoms with van der Waals surface area (Å²) in [6.07, 6.45) is 1.63. The highest BCUT2D eigenvalue weighted by atomic mass is 32.2. The third kappa shape index (κ3) is 3.72. The second kappa shape index (κ2) is 7.76. The number of fused-ring (bicyclic) bond motifs is 1. The number of carbonyl (C=O) groups is 1. The van der Waals surface area contributed by atoms with Gasteiger partial charge in [0.2, 0.25) is 0 Å². The number of hydrogen-bond donors (Lipinski definition) is 1. The van der Waals surface area contributed by atoms with Crippen molar-refractivity contribution in [1.82, 2.24) is 14.2 Å². The number of sulfonamides is 1. The van der Waals surface area contributed by atoms with Crippen molar-refractivity contribution in [2.24, 2.45) is 0 Å². The van der Waals surface area contributed by atoms with E-state index < -0.39 is 16.0 Å². The van der Waals surface area contributed by atoms with Gasteiger partial charge in [0, 0.05) is 11.9 Å². The lowest BCUT2D eigenvalue weighted by molar-refractivity contribution is 0.0602. The van der Waals surface area contributed by atoms with Crippen molar-refractivity contribution in [2.75, 3.05) is 11.8 Å². The average Bonchev–Trinajstić information content (AvgIpc) is 3.34. The third-order valence-corrected chi connectivity index (χ3v) is 6.74. The summed E-state index contributed by atoms with van der Waals surface area (Å²) in [6, 6.07) is 13.2. The molecule has 0 bridgehead atoms. The molecule has 3 aromatic heterocycles. The van der Waals surface area contributed by atoms with Gasteiger partial charge < -0.3 is 4.74 Å². The largest absolute Gasteiger partial charge is 0.465 e. The van der Waals surface area contributed by atoms with E-state index in [1.54, 1.807) is 48.7 Å². The monoisotopic (exact) mass is 444 g/mol. The Morgan fingerprint density at radius 1 is 1.20 bits per heavy atom. The Balaban J connectivity index is 1.61. The first-order chi connectivity index (χ1) is 14.4. The number of thiophene rings is 1. The molecule has 1 N–H and O–H groups in total. The fraction of sp³-hybridized carbons (Fsp3) is 0.105. The van der Waals surface area contributed by atoms with Crippen molar-refractivity contribution < 1.29 is 17.9 Å². The van der Waals surface area contributed by atoms with Gasteiger partial charge in [-0.05, 0) is 41.3 Å². The molecule has 0 amide bonds. The number of carbonyl (C=O) groups excluding carboxylic acids is 1. The van der Waals surface area contributed by atoms with Crippen LogP contribution >= 0.6 is 11.3 Å². The Morgan fingerprint density at radius 2 is 2.03 bits per heavy atom. The normalized spacial score (nSPS) is 11.5. The van der Waals surface area contributed by atoms with Crippen molar-refractivity contribution in [2.45, 2.75) is 11.4 Å². The first-order valence-electron chi connectivity index (χ1n) is 8.71. The quantitative estimate of drug-likeness (QED) is 0.456. The predicted octanol–water partition coefficient (Wildman–Crippen LogP) is 2.19. The molecule has 0 aliphatic heterocycles. The molecule has 9 nitrogen and oxygen atoms in total. The Bertz CT molecular complexity index is 1400. The van der Waals surface area contributed by atoms with Crippen molar-refractivity contribution in [3.63, 3.8) is 0 Å². The van der Waals surface area contributed by atoms with Crippen LogP contribution in [-0.2, 0) is 21.3 Å². The molecule has 0 saturated heterocycles. The van der Waals surface area contributed by atoms with Gasteiger partial charge in [-0.25, -0.2) is 22.7 Å². The zero-order chi connectivity index (χ0) is 21.3. The minimum absolute atomic E-state index is 0.00240. The van der Waals surface area contributed by atoms with E-state index >= 15 is 0 Å². The number of esters is 1. The van der Waals surface area contributed by atoms with Crippen LogP contribution in [0.3, 0.4) is 0 Å². The SMILES string of the molecule is COC(=O)c1sccc1S(=O)(=O)Nc1cccc(Cn2nc3ccccn3c2=O)c1. The lowest BCUT2D eigenvalue weighted by atomic mass is 10.2. The minimum atomic E-state index is -4.00. The molecule has 30 heavy (non-hydrogen) atoms. The summed E-state index contributed by atoms with van der Waals surface area (Å²) in [5, 5.41) is 5.78. The summed E-state index contributed by atoms with van der Waals surface area (Å²) in [5.41, 5.74) is 1.20. The van der Waals surface area contributed by atoms with Crippen molar-refractivity contribution >= 4 is 38.7 Å². The van der Waals surface area contributed by atoms with Gasteiger partial charge in [0.05, 0.1) is 13.7 Å². The van der Waals surface area contributed by atoms with Crippen molar-refractivity contribution in [3.05, 3.63) is 81.0 Å². The van der Waals surface area contributed by atoms with Gasteiger partial charge >= 0.3 is 11.7 Å². The van der Waals surface area contributed by atoms with Crippen LogP contribution < -0.4 is 10.4 Å². The van der Waals surface area contributed by atoms with E-state index in [2.05, 4.69) is 14.6 Å². The zero-order valence-electron chi connectivity index (χ0n) is 15.7. The number of nitrogens with zero attached hydrogens (tertiary/aromatic N) is 3. The molecule has 0 aliphatic rings. The fourth-order valence-electron chi connectivity index (χ4n) is 2.94. The fourth-order valence-corrected chi connectivity index (χ4v) is 5.32.